The van der Waals surface area contributed by atoms with Crippen LogP contribution in [0.4, 0.5) is 10.1 Å². The minimum atomic E-state index is -0.338. The van der Waals surface area contributed by atoms with Gasteiger partial charge < -0.3 is 10.2 Å². The summed E-state index contributed by atoms with van der Waals surface area (Å²) in [6.45, 7) is 3.19. The molecule has 0 saturated heterocycles. The van der Waals surface area contributed by atoms with Gasteiger partial charge in [-0.15, -0.1) is 0 Å². The quantitative estimate of drug-likeness (QED) is 0.280. The van der Waals surface area contributed by atoms with Crippen molar-refractivity contribution in [2.24, 2.45) is 0 Å². The van der Waals surface area contributed by atoms with Crippen LogP contribution in [0.5, 0.6) is 0 Å². The van der Waals surface area contributed by atoms with Gasteiger partial charge in [0.25, 0.3) is 5.91 Å². The highest BCUT2D eigenvalue weighted by molar-refractivity contribution is 6.06. The molecule has 0 aliphatic rings. The number of benzene rings is 2. The molecule has 2 aromatic carbocycles. The van der Waals surface area contributed by atoms with Gasteiger partial charge in [0.05, 0.1) is 0 Å². The molecule has 2 amide bonds. The van der Waals surface area contributed by atoms with Crippen molar-refractivity contribution in [3.05, 3.63) is 66.0 Å². The van der Waals surface area contributed by atoms with Crippen molar-refractivity contribution in [2.45, 2.75) is 77.6 Å². The molecular formula is C28H39FN2O2. The average Bonchev–Trinajstić information content (AvgIpc) is 2.84. The number of nitrogens with one attached hydrogen (secondary N) is 1. The molecule has 0 fully saturated rings. The second kappa shape index (κ2) is 16.0. The van der Waals surface area contributed by atoms with E-state index in [9.17, 15) is 14.0 Å². The first-order valence-electron chi connectivity index (χ1n) is 12.5. The summed E-state index contributed by atoms with van der Waals surface area (Å²) in [5, 5.41) is 2.97. The smallest absolute Gasteiger partial charge is 0.258 e. The van der Waals surface area contributed by atoms with Gasteiger partial charge in [0.1, 0.15) is 5.82 Å². The van der Waals surface area contributed by atoms with Crippen LogP contribution >= 0.6 is 0 Å². The number of hydrogen-bond donors (Lipinski definition) is 1. The normalized spacial score (nSPS) is 10.7. The Morgan fingerprint density at radius 3 is 2.03 bits per heavy atom. The van der Waals surface area contributed by atoms with Crippen LogP contribution in [0.25, 0.3) is 0 Å². The lowest BCUT2D eigenvalue weighted by Crippen LogP contribution is -2.34. The van der Waals surface area contributed by atoms with Gasteiger partial charge in [-0.2, -0.15) is 0 Å². The third-order valence-electron chi connectivity index (χ3n) is 5.79. The summed E-state index contributed by atoms with van der Waals surface area (Å²) in [5.41, 5.74) is 1.22. The highest BCUT2D eigenvalue weighted by Gasteiger charge is 2.17. The zero-order valence-electron chi connectivity index (χ0n) is 20.0. The number of anilines is 1. The molecule has 0 radical (unpaired) electrons. The minimum Gasteiger partial charge on any atom is -0.356 e. The lowest BCUT2D eigenvalue weighted by molar-refractivity contribution is -0.121. The van der Waals surface area contributed by atoms with Gasteiger partial charge in [-0.3, -0.25) is 9.59 Å². The molecule has 0 heterocycles. The van der Waals surface area contributed by atoms with Gasteiger partial charge in [-0.25, -0.2) is 4.39 Å². The molecule has 1 N–H and O–H groups in total. The summed E-state index contributed by atoms with van der Waals surface area (Å²) in [5.74, 6) is -0.404. The van der Waals surface area contributed by atoms with E-state index in [-0.39, 0.29) is 17.6 Å². The second-order valence-corrected chi connectivity index (χ2v) is 8.58. The van der Waals surface area contributed by atoms with E-state index in [1.165, 1.54) is 57.1 Å². The Bertz CT molecular complexity index is 808. The molecule has 0 atom stereocenters. The first-order chi connectivity index (χ1) is 16.1. The number of unbranched alkanes of at least 4 members (excludes halogenated alkanes) is 8. The Balaban J connectivity index is 1.69. The molecular weight excluding hydrogens is 415 g/mol. The first-order valence-corrected chi connectivity index (χ1v) is 12.5. The Morgan fingerprint density at radius 2 is 1.39 bits per heavy atom. The number of nitrogens with zero attached hydrogens (tertiary/aromatic N) is 1. The maximum absolute atomic E-state index is 13.4. The third kappa shape index (κ3) is 10.6. The van der Waals surface area contributed by atoms with Crippen LogP contribution in [0.1, 0.15) is 87.9 Å². The number of carbonyl (C=O) groups is 2. The molecule has 4 nitrogen and oxygen atoms in total. The van der Waals surface area contributed by atoms with Crippen LogP contribution < -0.4 is 10.2 Å². The van der Waals surface area contributed by atoms with E-state index in [0.29, 0.717) is 37.2 Å². The maximum atomic E-state index is 13.4. The van der Waals surface area contributed by atoms with Crippen molar-refractivity contribution in [2.75, 3.05) is 18.0 Å². The molecule has 2 aromatic rings. The van der Waals surface area contributed by atoms with E-state index in [0.717, 1.165) is 12.8 Å². The van der Waals surface area contributed by atoms with E-state index in [4.69, 9.17) is 0 Å². The molecule has 2 rings (SSSR count). The SMILES string of the molecule is CCCCCCCCCCCC(=O)NCCCN(C(=O)c1ccccc1)c1ccc(F)cc1. The van der Waals surface area contributed by atoms with Crippen molar-refractivity contribution < 1.29 is 14.0 Å². The largest absolute Gasteiger partial charge is 0.356 e. The first kappa shape index (κ1) is 26.6. The molecule has 0 unspecified atom stereocenters. The summed E-state index contributed by atoms with van der Waals surface area (Å²) in [6, 6.07) is 15.0. The minimum absolute atomic E-state index is 0.0701. The molecule has 0 saturated carbocycles. The van der Waals surface area contributed by atoms with Crippen molar-refractivity contribution >= 4 is 17.5 Å². The third-order valence-corrected chi connectivity index (χ3v) is 5.79. The van der Waals surface area contributed by atoms with Crippen molar-refractivity contribution in [1.82, 2.24) is 5.32 Å². The van der Waals surface area contributed by atoms with E-state index in [1.807, 2.05) is 18.2 Å². The fourth-order valence-electron chi connectivity index (χ4n) is 3.86. The second-order valence-electron chi connectivity index (χ2n) is 8.58. The predicted molar refractivity (Wildman–Crippen MR) is 134 cm³/mol. The predicted octanol–water partition coefficient (Wildman–Crippen LogP) is 6.90. The van der Waals surface area contributed by atoms with E-state index in [1.54, 1.807) is 29.2 Å². The van der Waals surface area contributed by atoms with Gasteiger partial charge in [-0.1, -0.05) is 76.5 Å². The van der Waals surface area contributed by atoms with Gasteiger partial charge in [0.2, 0.25) is 5.91 Å². The maximum Gasteiger partial charge on any atom is 0.258 e. The Kier molecular flexibility index (Phi) is 12.9. The fraction of sp³-hybridized carbons (Fsp3) is 0.500. The summed E-state index contributed by atoms with van der Waals surface area (Å²) < 4.78 is 13.4. The van der Waals surface area contributed by atoms with E-state index < -0.39 is 0 Å². The van der Waals surface area contributed by atoms with Crippen LogP contribution in [-0.2, 0) is 4.79 Å². The zero-order valence-corrected chi connectivity index (χ0v) is 20.0. The molecule has 0 aliphatic heterocycles. The molecule has 0 spiro atoms. The Labute approximate surface area is 198 Å². The molecule has 0 bridgehead atoms. The fourth-order valence-corrected chi connectivity index (χ4v) is 3.86. The van der Waals surface area contributed by atoms with Crippen molar-refractivity contribution in [1.29, 1.82) is 0 Å². The number of carbonyl (C=O) groups excluding carboxylic acids is 2. The molecule has 0 aliphatic carbocycles. The van der Waals surface area contributed by atoms with Crippen LogP contribution in [0.3, 0.4) is 0 Å². The topological polar surface area (TPSA) is 49.4 Å². The number of amides is 2. The summed E-state index contributed by atoms with van der Waals surface area (Å²) in [7, 11) is 0. The molecule has 0 aromatic heterocycles. The van der Waals surface area contributed by atoms with Gasteiger partial charge in [-0.05, 0) is 49.2 Å². The van der Waals surface area contributed by atoms with Gasteiger partial charge >= 0.3 is 0 Å². The van der Waals surface area contributed by atoms with Crippen LogP contribution in [0.2, 0.25) is 0 Å². The number of halogens is 1. The van der Waals surface area contributed by atoms with Crippen molar-refractivity contribution in [3.63, 3.8) is 0 Å². The lowest BCUT2D eigenvalue weighted by atomic mass is 10.1. The van der Waals surface area contributed by atoms with Crippen LogP contribution in [0, 0.1) is 5.82 Å². The molecule has 180 valence electrons. The molecule has 5 heteroatoms. The average molecular weight is 455 g/mol. The number of rotatable bonds is 16. The lowest BCUT2D eigenvalue weighted by Gasteiger charge is -2.23. The van der Waals surface area contributed by atoms with Crippen LogP contribution in [-0.4, -0.2) is 24.9 Å². The van der Waals surface area contributed by atoms with Gasteiger partial charge in [0, 0.05) is 30.8 Å². The van der Waals surface area contributed by atoms with E-state index >= 15 is 0 Å². The highest BCUT2D eigenvalue weighted by atomic mass is 19.1. The van der Waals surface area contributed by atoms with Crippen molar-refractivity contribution in [3.8, 4) is 0 Å². The van der Waals surface area contributed by atoms with Crippen LogP contribution in [0.15, 0.2) is 54.6 Å². The van der Waals surface area contributed by atoms with E-state index in [2.05, 4.69) is 12.2 Å². The zero-order chi connectivity index (χ0) is 23.7. The standard InChI is InChI=1S/C28H39FN2O2/c1-2-3-4-5-6-7-8-9-13-17-27(32)30-22-14-23-31(26-20-18-25(29)19-21-26)28(33)24-15-11-10-12-16-24/h10-12,15-16,18-21H,2-9,13-14,17,22-23H2,1H3,(H,30,32). The Hall–Kier alpha value is -2.69. The monoisotopic (exact) mass is 454 g/mol. The summed E-state index contributed by atoms with van der Waals surface area (Å²) >= 11 is 0. The Morgan fingerprint density at radius 1 is 0.788 bits per heavy atom. The summed E-state index contributed by atoms with van der Waals surface area (Å²) in [6.07, 6.45) is 12.3. The molecule has 33 heavy (non-hydrogen) atoms. The number of hydrogen-bond acceptors (Lipinski definition) is 2. The summed E-state index contributed by atoms with van der Waals surface area (Å²) in [4.78, 5) is 26.8. The van der Waals surface area contributed by atoms with Gasteiger partial charge in [0.15, 0.2) is 0 Å². The highest BCUT2D eigenvalue weighted by Crippen LogP contribution is 2.18.